The van der Waals surface area contributed by atoms with Gasteiger partial charge in [-0.1, -0.05) is 30.0 Å². The number of aryl methyl sites for hydroxylation is 2. The van der Waals surface area contributed by atoms with Gasteiger partial charge in [0, 0.05) is 23.1 Å². The summed E-state index contributed by atoms with van der Waals surface area (Å²) in [6.45, 7) is 3.99. The van der Waals surface area contributed by atoms with Crippen molar-refractivity contribution in [3.05, 3.63) is 75.3 Å². The number of rotatable bonds is 5. The van der Waals surface area contributed by atoms with Gasteiger partial charge < -0.3 is 0 Å². The number of carbonyl (C=O) groups excluding carboxylic acids is 2. The monoisotopic (exact) mass is 410 g/mol. The van der Waals surface area contributed by atoms with Gasteiger partial charge >= 0.3 is 0 Å². The summed E-state index contributed by atoms with van der Waals surface area (Å²) in [5, 5.41) is 12.4. The quantitative estimate of drug-likeness (QED) is 0.379. The number of carbonyl (C=O) groups is 2. The van der Waals surface area contributed by atoms with Crippen molar-refractivity contribution in [1.29, 1.82) is 0 Å². The third-order valence-corrected chi connectivity index (χ3v) is 5.14. The lowest BCUT2D eigenvalue weighted by molar-refractivity contribution is -0.384. The number of pyridine rings is 1. The minimum atomic E-state index is -0.562. The molecule has 2 amide bonds. The molecule has 148 valence electrons. The normalized spacial score (nSPS) is 10.6. The standard InChI is InChI=1S/C20H18N4O4S/c1-12-4-3-5-16-13(2)10-18(21-19(12)16)29-11-17(25)22-23-20(26)14-6-8-15(9-7-14)24(27)28/h3-10H,11H2,1-2H3,(H,22,25)(H,23,26). The second-order valence-electron chi connectivity index (χ2n) is 6.34. The fourth-order valence-corrected chi connectivity index (χ4v) is 3.48. The number of nitrogens with one attached hydrogen (secondary N) is 2. The molecule has 0 aliphatic carbocycles. The first-order valence-corrected chi connectivity index (χ1v) is 9.67. The number of benzene rings is 2. The number of fused-ring (bicyclic) bond motifs is 1. The van der Waals surface area contributed by atoms with Gasteiger partial charge in [-0.15, -0.1) is 0 Å². The van der Waals surface area contributed by atoms with Gasteiger partial charge in [0.2, 0.25) is 5.91 Å². The molecule has 0 atom stereocenters. The summed E-state index contributed by atoms with van der Waals surface area (Å²) >= 11 is 1.27. The smallest absolute Gasteiger partial charge is 0.269 e. The largest absolute Gasteiger partial charge is 0.272 e. The van der Waals surface area contributed by atoms with E-state index in [0.29, 0.717) is 0 Å². The summed E-state index contributed by atoms with van der Waals surface area (Å²) in [6, 6.07) is 13.0. The Morgan fingerprint density at radius 1 is 1.07 bits per heavy atom. The van der Waals surface area contributed by atoms with Crippen molar-refractivity contribution in [3.8, 4) is 0 Å². The van der Waals surface area contributed by atoms with E-state index in [1.807, 2.05) is 38.1 Å². The van der Waals surface area contributed by atoms with Crippen LogP contribution in [0.25, 0.3) is 10.9 Å². The Balaban J connectivity index is 1.56. The van der Waals surface area contributed by atoms with Crippen molar-refractivity contribution in [2.24, 2.45) is 0 Å². The number of hydrogen-bond acceptors (Lipinski definition) is 6. The number of nitro benzene ring substituents is 1. The van der Waals surface area contributed by atoms with Crippen LogP contribution in [0.1, 0.15) is 21.5 Å². The summed E-state index contributed by atoms with van der Waals surface area (Å²) in [5.74, 6) is -0.882. The fraction of sp³-hybridized carbons (Fsp3) is 0.150. The van der Waals surface area contributed by atoms with Gasteiger partial charge in [-0.3, -0.25) is 30.6 Å². The van der Waals surface area contributed by atoms with E-state index in [1.54, 1.807) is 0 Å². The van der Waals surface area contributed by atoms with Crippen LogP contribution < -0.4 is 10.9 Å². The average Bonchev–Trinajstić information content (AvgIpc) is 2.71. The third kappa shape index (κ3) is 4.88. The molecule has 2 N–H and O–H groups in total. The first-order chi connectivity index (χ1) is 13.8. The Kier molecular flexibility index (Phi) is 6.08. The Hall–Kier alpha value is -3.46. The lowest BCUT2D eigenvalue weighted by Crippen LogP contribution is -2.42. The van der Waals surface area contributed by atoms with E-state index >= 15 is 0 Å². The summed E-state index contributed by atoms with van der Waals surface area (Å²) < 4.78 is 0. The van der Waals surface area contributed by atoms with Crippen molar-refractivity contribution in [3.63, 3.8) is 0 Å². The van der Waals surface area contributed by atoms with Crippen molar-refractivity contribution in [2.75, 3.05) is 5.75 Å². The zero-order valence-electron chi connectivity index (χ0n) is 15.8. The molecule has 1 aromatic heterocycles. The maximum absolute atomic E-state index is 12.0. The zero-order valence-corrected chi connectivity index (χ0v) is 16.6. The van der Waals surface area contributed by atoms with Crippen molar-refractivity contribution < 1.29 is 14.5 Å². The van der Waals surface area contributed by atoms with Crippen LogP contribution in [0.15, 0.2) is 53.6 Å². The maximum Gasteiger partial charge on any atom is 0.269 e. The van der Waals surface area contributed by atoms with Gasteiger partial charge in [-0.05, 0) is 43.2 Å². The Bertz CT molecular complexity index is 1100. The van der Waals surface area contributed by atoms with E-state index in [9.17, 15) is 19.7 Å². The second kappa shape index (κ2) is 8.70. The van der Waals surface area contributed by atoms with E-state index in [2.05, 4.69) is 15.8 Å². The van der Waals surface area contributed by atoms with E-state index in [1.165, 1.54) is 36.0 Å². The van der Waals surface area contributed by atoms with Gasteiger partial charge in [0.15, 0.2) is 0 Å². The molecule has 8 nitrogen and oxygen atoms in total. The highest BCUT2D eigenvalue weighted by Crippen LogP contribution is 2.25. The van der Waals surface area contributed by atoms with Crippen molar-refractivity contribution >= 4 is 40.2 Å². The molecular formula is C20H18N4O4S. The SMILES string of the molecule is Cc1cc(SCC(=O)NNC(=O)c2ccc([N+](=O)[O-])cc2)nc2c(C)cccc12. The summed E-state index contributed by atoms with van der Waals surface area (Å²) in [5.41, 5.74) is 7.75. The topological polar surface area (TPSA) is 114 Å². The molecule has 3 rings (SSSR count). The predicted molar refractivity (Wildman–Crippen MR) is 111 cm³/mol. The average molecular weight is 410 g/mol. The third-order valence-electron chi connectivity index (χ3n) is 4.23. The number of para-hydroxylation sites is 1. The number of nitro groups is 1. The van der Waals surface area contributed by atoms with Crippen LogP contribution in [-0.4, -0.2) is 27.5 Å². The Morgan fingerprint density at radius 2 is 1.79 bits per heavy atom. The van der Waals surface area contributed by atoms with E-state index in [0.717, 1.165) is 27.1 Å². The molecule has 2 aromatic carbocycles. The summed E-state index contributed by atoms with van der Waals surface area (Å²) in [6.07, 6.45) is 0. The molecule has 0 fully saturated rings. The van der Waals surface area contributed by atoms with Crippen LogP contribution in [-0.2, 0) is 4.79 Å². The number of hydrazine groups is 1. The molecule has 9 heteroatoms. The number of aromatic nitrogens is 1. The highest BCUT2D eigenvalue weighted by molar-refractivity contribution is 7.99. The van der Waals surface area contributed by atoms with Gasteiger partial charge in [-0.25, -0.2) is 4.98 Å². The van der Waals surface area contributed by atoms with Crippen molar-refractivity contribution in [2.45, 2.75) is 18.9 Å². The van der Waals surface area contributed by atoms with Crippen LogP contribution in [0, 0.1) is 24.0 Å². The first kappa shape index (κ1) is 20.3. The molecule has 0 aliphatic rings. The number of amides is 2. The summed E-state index contributed by atoms with van der Waals surface area (Å²) in [7, 11) is 0. The number of non-ortho nitro benzene ring substituents is 1. The van der Waals surface area contributed by atoms with Gasteiger partial charge in [0.1, 0.15) is 0 Å². The van der Waals surface area contributed by atoms with Crippen LogP contribution in [0.3, 0.4) is 0 Å². The Labute approximate surface area is 170 Å². The van der Waals surface area contributed by atoms with Crippen LogP contribution >= 0.6 is 11.8 Å². The molecule has 0 spiro atoms. The van der Waals surface area contributed by atoms with Crippen LogP contribution in [0.4, 0.5) is 5.69 Å². The molecule has 0 radical (unpaired) electrons. The maximum atomic E-state index is 12.0. The van der Waals surface area contributed by atoms with Crippen molar-refractivity contribution in [1.82, 2.24) is 15.8 Å². The first-order valence-electron chi connectivity index (χ1n) is 8.68. The minimum Gasteiger partial charge on any atom is -0.272 e. The van der Waals surface area contributed by atoms with E-state index in [4.69, 9.17) is 0 Å². The van der Waals surface area contributed by atoms with Crippen LogP contribution in [0.2, 0.25) is 0 Å². The van der Waals surface area contributed by atoms with Gasteiger partial charge in [0.05, 0.1) is 21.2 Å². The lowest BCUT2D eigenvalue weighted by atomic mass is 10.1. The number of nitrogens with zero attached hydrogens (tertiary/aromatic N) is 2. The molecule has 3 aromatic rings. The Morgan fingerprint density at radius 3 is 2.48 bits per heavy atom. The molecule has 0 saturated heterocycles. The minimum absolute atomic E-state index is 0.0738. The highest BCUT2D eigenvalue weighted by atomic mass is 32.2. The van der Waals surface area contributed by atoms with E-state index < -0.39 is 16.7 Å². The molecular weight excluding hydrogens is 392 g/mol. The van der Waals surface area contributed by atoms with Gasteiger partial charge in [-0.2, -0.15) is 0 Å². The highest BCUT2D eigenvalue weighted by Gasteiger charge is 2.11. The molecule has 1 heterocycles. The van der Waals surface area contributed by atoms with Crippen LogP contribution in [0.5, 0.6) is 0 Å². The molecule has 0 aliphatic heterocycles. The fourth-order valence-electron chi connectivity index (χ4n) is 2.71. The molecule has 0 bridgehead atoms. The molecule has 0 saturated carbocycles. The molecule has 29 heavy (non-hydrogen) atoms. The number of hydrogen-bond donors (Lipinski definition) is 2. The molecule has 0 unspecified atom stereocenters. The lowest BCUT2D eigenvalue weighted by Gasteiger charge is -2.09. The number of thioether (sulfide) groups is 1. The summed E-state index contributed by atoms with van der Waals surface area (Å²) in [4.78, 5) is 38.8. The van der Waals surface area contributed by atoms with Gasteiger partial charge in [0.25, 0.3) is 11.6 Å². The predicted octanol–water partition coefficient (Wildman–Crippen LogP) is 3.31. The van der Waals surface area contributed by atoms with E-state index in [-0.39, 0.29) is 17.0 Å². The second-order valence-corrected chi connectivity index (χ2v) is 7.34. The zero-order chi connectivity index (χ0) is 21.0.